The molecule has 1 saturated heterocycles. The maximum Gasteiger partial charge on any atom is 0.239 e. The smallest absolute Gasteiger partial charge is 0.239 e. The highest BCUT2D eigenvalue weighted by molar-refractivity contribution is 5.81. The monoisotopic (exact) mass is 264 g/mol. The Morgan fingerprint density at radius 3 is 2.84 bits per heavy atom. The van der Waals surface area contributed by atoms with Crippen molar-refractivity contribution in [2.24, 2.45) is 5.92 Å². The summed E-state index contributed by atoms with van der Waals surface area (Å²) in [6, 6.07) is 1.80. The molecule has 5 heteroatoms. The highest BCUT2D eigenvalue weighted by atomic mass is 16.2. The second-order valence-electron chi connectivity index (χ2n) is 5.45. The van der Waals surface area contributed by atoms with Crippen molar-refractivity contribution in [1.29, 1.82) is 0 Å². The number of likely N-dealkylation sites (tertiary alicyclic amines) is 1. The summed E-state index contributed by atoms with van der Waals surface area (Å²) in [4.78, 5) is 14.2. The van der Waals surface area contributed by atoms with Gasteiger partial charge in [-0.1, -0.05) is 6.92 Å². The number of carbonyl (C=O) groups is 1. The lowest BCUT2D eigenvalue weighted by Gasteiger charge is -2.32. The van der Waals surface area contributed by atoms with Crippen LogP contribution in [-0.2, 0) is 11.3 Å². The average Bonchev–Trinajstić information content (AvgIpc) is 2.92. The van der Waals surface area contributed by atoms with Crippen molar-refractivity contribution in [3.8, 4) is 0 Å². The zero-order valence-corrected chi connectivity index (χ0v) is 11.9. The third-order valence-electron chi connectivity index (χ3n) is 3.82. The van der Waals surface area contributed by atoms with Crippen LogP contribution in [0.2, 0.25) is 0 Å². The molecule has 0 unspecified atom stereocenters. The molecule has 1 aliphatic rings. The molecule has 1 amide bonds. The molecule has 2 heterocycles. The Morgan fingerprint density at radius 2 is 2.21 bits per heavy atom. The largest absolute Gasteiger partial charge is 0.341 e. The first kappa shape index (κ1) is 14.1. The standard InChI is InChI=1S/C14H24N4O/c1-12-4-9-17(10-5-12)14(19)13(2)15-7-11-18-8-3-6-16-18/h3,6,8,12-13,15H,4-5,7,9-11H2,1-2H3/t13-/m0/s1. The van der Waals surface area contributed by atoms with Crippen LogP contribution < -0.4 is 5.32 Å². The fourth-order valence-electron chi connectivity index (χ4n) is 2.42. The van der Waals surface area contributed by atoms with Crippen LogP contribution in [0.4, 0.5) is 0 Å². The Labute approximate surface area is 115 Å². The van der Waals surface area contributed by atoms with E-state index in [-0.39, 0.29) is 11.9 Å². The van der Waals surface area contributed by atoms with Crippen molar-refractivity contribution < 1.29 is 4.79 Å². The summed E-state index contributed by atoms with van der Waals surface area (Å²) in [6.07, 6.45) is 5.96. The van der Waals surface area contributed by atoms with Crippen LogP contribution in [0.5, 0.6) is 0 Å². The maximum absolute atomic E-state index is 12.2. The van der Waals surface area contributed by atoms with E-state index >= 15 is 0 Å². The van der Waals surface area contributed by atoms with Crippen LogP contribution in [0.3, 0.4) is 0 Å². The molecule has 0 aliphatic carbocycles. The normalized spacial score (nSPS) is 18.5. The van der Waals surface area contributed by atoms with Crippen LogP contribution in [-0.4, -0.2) is 46.3 Å². The van der Waals surface area contributed by atoms with E-state index in [1.54, 1.807) is 6.20 Å². The summed E-state index contributed by atoms with van der Waals surface area (Å²) < 4.78 is 1.87. The number of carbonyl (C=O) groups excluding carboxylic acids is 1. The van der Waals surface area contributed by atoms with E-state index in [0.29, 0.717) is 0 Å². The van der Waals surface area contributed by atoms with Crippen molar-refractivity contribution in [3.05, 3.63) is 18.5 Å². The Morgan fingerprint density at radius 1 is 1.47 bits per heavy atom. The van der Waals surface area contributed by atoms with Crippen molar-refractivity contribution in [2.75, 3.05) is 19.6 Å². The minimum Gasteiger partial charge on any atom is -0.341 e. The summed E-state index contributed by atoms with van der Waals surface area (Å²) in [7, 11) is 0. The van der Waals surface area contributed by atoms with Crippen molar-refractivity contribution in [1.82, 2.24) is 20.0 Å². The number of aromatic nitrogens is 2. The number of rotatable bonds is 5. The van der Waals surface area contributed by atoms with Gasteiger partial charge in [-0.15, -0.1) is 0 Å². The van der Waals surface area contributed by atoms with E-state index in [0.717, 1.165) is 44.9 Å². The molecular weight excluding hydrogens is 240 g/mol. The van der Waals surface area contributed by atoms with Gasteiger partial charge in [0, 0.05) is 32.0 Å². The van der Waals surface area contributed by atoms with Crippen molar-refractivity contribution in [3.63, 3.8) is 0 Å². The fourth-order valence-corrected chi connectivity index (χ4v) is 2.42. The summed E-state index contributed by atoms with van der Waals surface area (Å²) in [5, 5.41) is 7.41. The van der Waals surface area contributed by atoms with E-state index in [9.17, 15) is 4.79 Å². The summed E-state index contributed by atoms with van der Waals surface area (Å²) in [5.74, 6) is 0.986. The Bertz CT molecular complexity index is 382. The molecule has 1 aliphatic heterocycles. The number of hydrogen-bond donors (Lipinski definition) is 1. The first-order valence-corrected chi connectivity index (χ1v) is 7.16. The fraction of sp³-hybridized carbons (Fsp3) is 0.714. The molecule has 0 spiro atoms. The molecular formula is C14H24N4O. The van der Waals surface area contributed by atoms with Gasteiger partial charge in [-0.3, -0.25) is 9.48 Å². The number of amides is 1. The molecule has 1 atom stereocenters. The molecule has 0 bridgehead atoms. The molecule has 1 N–H and O–H groups in total. The number of nitrogens with one attached hydrogen (secondary N) is 1. The topological polar surface area (TPSA) is 50.2 Å². The number of piperidine rings is 1. The quantitative estimate of drug-likeness (QED) is 0.867. The van der Waals surface area contributed by atoms with Crippen LogP contribution >= 0.6 is 0 Å². The molecule has 5 nitrogen and oxygen atoms in total. The second kappa shape index (κ2) is 6.70. The number of nitrogens with zero attached hydrogens (tertiary/aromatic N) is 3. The predicted molar refractivity (Wildman–Crippen MR) is 74.7 cm³/mol. The highest BCUT2D eigenvalue weighted by Gasteiger charge is 2.23. The van der Waals surface area contributed by atoms with Gasteiger partial charge in [-0.25, -0.2) is 0 Å². The molecule has 1 aromatic heterocycles. The average molecular weight is 264 g/mol. The van der Waals surface area contributed by atoms with Gasteiger partial charge < -0.3 is 10.2 Å². The van der Waals surface area contributed by atoms with Gasteiger partial charge in [0.1, 0.15) is 0 Å². The lowest BCUT2D eigenvalue weighted by atomic mass is 9.99. The number of hydrogen-bond acceptors (Lipinski definition) is 3. The first-order valence-electron chi connectivity index (χ1n) is 7.16. The van der Waals surface area contributed by atoms with Gasteiger partial charge in [0.25, 0.3) is 0 Å². The zero-order chi connectivity index (χ0) is 13.7. The molecule has 0 saturated carbocycles. The zero-order valence-electron chi connectivity index (χ0n) is 11.9. The van der Waals surface area contributed by atoms with Crippen LogP contribution in [0.15, 0.2) is 18.5 Å². The van der Waals surface area contributed by atoms with Crippen LogP contribution in [0.1, 0.15) is 26.7 Å². The molecule has 1 fully saturated rings. The van der Waals surface area contributed by atoms with Gasteiger partial charge >= 0.3 is 0 Å². The van der Waals surface area contributed by atoms with E-state index in [2.05, 4.69) is 17.3 Å². The van der Waals surface area contributed by atoms with Crippen molar-refractivity contribution in [2.45, 2.75) is 39.3 Å². The van der Waals surface area contributed by atoms with Gasteiger partial charge in [-0.05, 0) is 31.7 Å². The molecule has 0 radical (unpaired) electrons. The van der Waals surface area contributed by atoms with Crippen LogP contribution in [0, 0.1) is 5.92 Å². The highest BCUT2D eigenvalue weighted by Crippen LogP contribution is 2.16. The maximum atomic E-state index is 12.2. The minimum absolute atomic E-state index is 0.107. The lowest BCUT2D eigenvalue weighted by Crippen LogP contribution is -2.48. The second-order valence-corrected chi connectivity index (χ2v) is 5.45. The molecule has 0 aromatic carbocycles. The van der Waals surface area contributed by atoms with Gasteiger partial charge in [-0.2, -0.15) is 5.10 Å². The molecule has 2 rings (SSSR count). The first-order chi connectivity index (χ1) is 9.16. The van der Waals surface area contributed by atoms with E-state index in [1.807, 2.05) is 28.8 Å². The summed E-state index contributed by atoms with van der Waals surface area (Å²) >= 11 is 0. The van der Waals surface area contributed by atoms with Gasteiger partial charge in [0.05, 0.1) is 12.6 Å². The van der Waals surface area contributed by atoms with Crippen LogP contribution in [0.25, 0.3) is 0 Å². The SMILES string of the molecule is CC1CCN(C(=O)[C@H](C)NCCn2cccn2)CC1. The lowest BCUT2D eigenvalue weighted by molar-refractivity contribution is -0.134. The van der Waals surface area contributed by atoms with Crippen molar-refractivity contribution >= 4 is 5.91 Å². The molecule has 19 heavy (non-hydrogen) atoms. The Balaban J connectivity index is 1.70. The van der Waals surface area contributed by atoms with E-state index < -0.39 is 0 Å². The summed E-state index contributed by atoms with van der Waals surface area (Å²) in [5.41, 5.74) is 0. The predicted octanol–water partition coefficient (Wildman–Crippen LogP) is 1.12. The molecule has 1 aromatic rings. The molecule has 106 valence electrons. The third-order valence-corrected chi connectivity index (χ3v) is 3.82. The van der Waals surface area contributed by atoms with Gasteiger partial charge in [0.15, 0.2) is 0 Å². The Kier molecular flexibility index (Phi) is 4.96. The Hall–Kier alpha value is -1.36. The van der Waals surface area contributed by atoms with E-state index in [1.165, 1.54) is 0 Å². The van der Waals surface area contributed by atoms with E-state index in [4.69, 9.17) is 0 Å². The van der Waals surface area contributed by atoms with Gasteiger partial charge in [0.2, 0.25) is 5.91 Å². The minimum atomic E-state index is -0.107. The third kappa shape index (κ3) is 4.06. The summed E-state index contributed by atoms with van der Waals surface area (Å²) in [6.45, 7) is 7.58.